The van der Waals surface area contributed by atoms with Crippen LogP contribution in [-0.2, 0) is 6.42 Å². The van der Waals surface area contributed by atoms with Crippen LogP contribution in [0.1, 0.15) is 11.1 Å². The van der Waals surface area contributed by atoms with E-state index in [0.717, 1.165) is 28.2 Å². The van der Waals surface area contributed by atoms with Crippen molar-refractivity contribution < 1.29 is 14.7 Å². The number of allylic oxidation sites excluding steroid dienone is 1. The lowest BCUT2D eigenvalue weighted by Crippen LogP contribution is -2.10. The van der Waals surface area contributed by atoms with Gasteiger partial charge in [-0.15, -0.1) is 0 Å². The van der Waals surface area contributed by atoms with E-state index in [1.807, 2.05) is 48.5 Å². The molecule has 1 aliphatic heterocycles. The highest BCUT2D eigenvalue weighted by Crippen LogP contribution is 2.34. The smallest absolute Gasteiger partial charge is 0.139 e. The van der Waals surface area contributed by atoms with Crippen LogP contribution in [0.2, 0.25) is 0 Å². The van der Waals surface area contributed by atoms with Crippen molar-refractivity contribution >= 4 is 12.0 Å². The van der Waals surface area contributed by atoms with Gasteiger partial charge in [-0.25, -0.2) is 0 Å². The average Bonchev–Trinajstić information content (AvgIpc) is 2.55. The molecular formula is C17H15NO3. The molecule has 0 spiro atoms. The zero-order valence-electron chi connectivity index (χ0n) is 11.6. The normalized spacial score (nSPS) is 14.0. The molecule has 1 aliphatic rings. The predicted molar refractivity (Wildman–Crippen MR) is 81.0 cm³/mol. The first-order valence-electron chi connectivity index (χ1n) is 6.62. The van der Waals surface area contributed by atoms with Crippen molar-refractivity contribution in [3.05, 3.63) is 65.2 Å². The summed E-state index contributed by atoms with van der Waals surface area (Å²) in [5.74, 6) is 2.32. The maximum absolute atomic E-state index is 8.87. The Bertz CT molecular complexity index is 702. The van der Waals surface area contributed by atoms with Crippen LogP contribution < -0.4 is 9.47 Å². The summed E-state index contributed by atoms with van der Waals surface area (Å²) in [6.07, 6.45) is 2.09. The Hall–Kier alpha value is -2.75. The number of methoxy groups -OCH3 is 1. The second-order valence-electron chi connectivity index (χ2n) is 4.71. The third kappa shape index (κ3) is 2.60. The number of nitrogens with zero attached hydrogens (tertiary/aromatic N) is 1. The molecule has 0 atom stereocenters. The van der Waals surface area contributed by atoms with Gasteiger partial charge in [0.1, 0.15) is 17.3 Å². The van der Waals surface area contributed by atoms with Crippen molar-refractivity contribution in [2.45, 2.75) is 6.42 Å². The third-order valence-electron chi connectivity index (χ3n) is 3.42. The maximum Gasteiger partial charge on any atom is 0.139 e. The van der Waals surface area contributed by atoms with Gasteiger partial charge in [0.25, 0.3) is 0 Å². The number of oxime groups is 1. The summed E-state index contributed by atoms with van der Waals surface area (Å²) >= 11 is 0. The first kappa shape index (κ1) is 13.2. The van der Waals surface area contributed by atoms with Gasteiger partial charge in [0.15, 0.2) is 0 Å². The second-order valence-corrected chi connectivity index (χ2v) is 4.71. The molecule has 0 amide bonds. The van der Waals surface area contributed by atoms with Gasteiger partial charge in [0.05, 0.1) is 13.3 Å². The molecule has 1 N–H and O–H groups in total. The van der Waals surface area contributed by atoms with Gasteiger partial charge in [-0.1, -0.05) is 23.4 Å². The number of fused-ring (bicyclic) bond motifs is 1. The monoisotopic (exact) mass is 281 g/mol. The summed E-state index contributed by atoms with van der Waals surface area (Å²) in [7, 11) is 1.63. The van der Waals surface area contributed by atoms with Crippen LogP contribution in [0.5, 0.6) is 11.5 Å². The molecule has 4 nitrogen and oxygen atoms in total. The Morgan fingerprint density at radius 1 is 1.14 bits per heavy atom. The minimum absolute atomic E-state index is 0.668. The van der Waals surface area contributed by atoms with Crippen LogP contribution in [0.4, 0.5) is 0 Å². The molecule has 0 saturated heterocycles. The van der Waals surface area contributed by atoms with Crippen molar-refractivity contribution in [2.24, 2.45) is 5.16 Å². The van der Waals surface area contributed by atoms with Gasteiger partial charge in [-0.3, -0.25) is 0 Å². The van der Waals surface area contributed by atoms with Crippen LogP contribution in [0.25, 0.3) is 5.76 Å². The van der Waals surface area contributed by atoms with Gasteiger partial charge in [-0.05, 0) is 35.9 Å². The Balaban J connectivity index is 2.03. The lowest BCUT2D eigenvalue weighted by molar-refractivity contribution is 0.321. The number of hydrogen-bond acceptors (Lipinski definition) is 4. The van der Waals surface area contributed by atoms with Gasteiger partial charge < -0.3 is 14.7 Å². The van der Waals surface area contributed by atoms with Crippen LogP contribution in [0.15, 0.2) is 59.3 Å². The Morgan fingerprint density at radius 2 is 1.90 bits per heavy atom. The lowest BCUT2D eigenvalue weighted by Gasteiger charge is -2.21. The minimum atomic E-state index is 0.668. The van der Waals surface area contributed by atoms with Crippen LogP contribution in [-0.4, -0.2) is 18.5 Å². The van der Waals surface area contributed by atoms with E-state index in [4.69, 9.17) is 14.7 Å². The maximum atomic E-state index is 8.87. The molecule has 106 valence electrons. The zero-order chi connectivity index (χ0) is 14.7. The Morgan fingerprint density at radius 3 is 2.62 bits per heavy atom. The number of benzene rings is 2. The van der Waals surface area contributed by atoms with E-state index in [1.54, 1.807) is 7.11 Å². The standard InChI is InChI=1S/C17H15NO3/c1-20-15-8-6-12(7-9-15)17-14(11-18-19)10-13-4-2-3-5-16(13)21-17/h2-9,11,19H,10H2,1H3. The van der Waals surface area contributed by atoms with Gasteiger partial charge >= 0.3 is 0 Å². The van der Waals surface area contributed by atoms with E-state index in [2.05, 4.69) is 5.16 Å². The fourth-order valence-electron chi connectivity index (χ4n) is 2.37. The topological polar surface area (TPSA) is 51.0 Å². The Kier molecular flexibility index (Phi) is 3.60. The van der Waals surface area contributed by atoms with Crippen molar-refractivity contribution in [3.63, 3.8) is 0 Å². The molecule has 0 aliphatic carbocycles. The van der Waals surface area contributed by atoms with Crippen molar-refractivity contribution in [1.29, 1.82) is 0 Å². The van der Waals surface area contributed by atoms with Crippen molar-refractivity contribution in [1.82, 2.24) is 0 Å². The average molecular weight is 281 g/mol. The first-order chi connectivity index (χ1) is 10.3. The number of para-hydroxylation sites is 1. The van der Waals surface area contributed by atoms with Crippen molar-refractivity contribution in [3.8, 4) is 11.5 Å². The molecule has 4 heteroatoms. The number of rotatable bonds is 3. The second kappa shape index (κ2) is 5.71. The lowest BCUT2D eigenvalue weighted by atomic mass is 9.98. The highest BCUT2D eigenvalue weighted by Gasteiger charge is 2.20. The highest BCUT2D eigenvalue weighted by molar-refractivity contribution is 5.91. The summed E-state index contributed by atoms with van der Waals surface area (Å²) in [5, 5.41) is 12.0. The predicted octanol–water partition coefficient (Wildman–Crippen LogP) is 3.50. The molecular weight excluding hydrogens is 266 g/mol. The third-order valence-corrected chi connectivity index (χ3v) is 3.42. The van der Waals surface area contributed by atoms with E-state index < -0.39 is 0 Å². The Labute approximate surface area is 122 Å². The van der Waals surface area contributed by atoms with E-state index in [1.165, 1.54) is 6.21 Å². The summed E-state index contributed by atoms with van der Waals surface area (Å²) in [4.78, 5) is 0. The summed E-state index contributed by atoms with van der Waals surface area (Å²) in [6.45, 7) is 0. The van der Waals surface area contributed by atoms with Crippen LogP contribution in [0.3, 0.4) is 0 Å². The molecule has 0 fully saturated rings. The molecule has 2 aromatic rings. The van der Waals surface area contributed by atoms with Crippen LogP contribution in [0, 0.1) is 0 Å². The summed E-state index contributed by atoms with van der Waals surface area (Å²) in [6, 6.07) is 15.4. The zero-order valence-corrected chi connectivity index (χ0v) is 11.6. The van der Waals surface area contributed by atoms with E-state index >= 15 is 0 Å². The summed E-state index contributed by atoms with van der Waals surface area (Å²) < 4.78 is 11.2. The molecule has 0 aromatic heterocycles. The van der Waals surface area contributed by atoms with E-state index in [-0.39, 0.29) is 0 Å². The fourth-order valence-corrected chi connectivity index (χ4v) is 2.37. The molecule has 0 bridgehead atoms. The number of hydrogen-bond donors (Lipinski definition) is 1. The molecule has 0 saturated carbocycles. The molecule has 0 radical (unpaired) electrons. The fraction of sp³-hybridized carbons (Fsp3) is 0.118. The minimum Gasteiger partial charge on any atom is -0.497 e. The first-order valence-corrected chi connectivity index (χ1v) is 6.62. The summed E-state index contributed by atoms with van der Waals surface area (Å²) in [5.41, 5.74) is 2.83. The molecule has 2 aromatic carbocycles. The quantitative estimate of drug-likeness (QED) is 0.532. The SMILES string of the molecule is COc1ccc(C2=C(C=NO)Cc3ccccc3O2)cc1. The van der Waals surface area contributed by atoms with Gasteiger partial charge in [-0.2, -0.15) is 0 Å². The van der Waals surface area contributed by atoms with E-state index in [9.17, 15) is 0 Å². The van der Waals surface area contributed by atoms with E-state index in [0.29, 0.717) is 12.2 Å². The highest BCUT2D eigenvalue weighted by atomic mass is 16.5. The van der Waals surface area contributed by atoms with Crippen LogP contribution >= 0.6 is 0 Å². The molecule has 3 rings (SSSR count). The largest absolute Gasteiger partial charge is 0.497 e. The number of ether oxygens (including phenoxy) is 2. The molecule has 21 heavy (non-hydrogen) atoms. The molecule has 1 heterocycles. The van der Waals surface area contributed by atoms with Crippen molar-refractivity contribution in [2.75, 3.05) is 7.11 Å². The van der Waals surface area contributed by atoms with Gasteiger partial charge in [0.2, 0.25) is 0 Å². The van der Waals surface area contributed by atoms with Gasteiger partial charge in [0, 0.05) is 17.6 Å². The molecule has 0 unspecified atom stereocenters.